The maximum Gasteiger partial charge on any atom is 0.221 e. The van der Waals surface area contributed by atoms with Gasteiger partial charge in [-0.2, -0.15) is 0 Å². The van der Waals surface area contributed by atoms with Gasteiger partial charge >= 0.3 is 0 Å². The van der Waals surface area contributed by atoms with Crippen molar-refractivity contribution in [2.24, 2.45) is 0 Å². The van der Waals surface area contributed by atoms with Crippen LogP contribution in [0.2, 0.25) is 0 Å². The van der Waals surface area contributed by atoms with E-state index < -0.39 is 5.91 Å². The van der Waals surface area contributed by atoms with E-state index in [0.717, 1.165) is 13.0 Å². The molecule has 19 heavy (non-hydrogen) atoms. The quantitative estimate of drug-likeness (QED) is 0.424. The molecule has 0 saturated heterocycles. The summed E-state index contributed by atoms with van der Waals surface area (Å²) in [5.74, 6) is -1.67. The number of hydrogen-bond donors (Lipinski definition) is 2. The molecule has 0 aromatic heterocycles. The molecule has 0 aliphatic rings. The molecule has 0 saturated carbocycles. The van der Waals surface area contributed by atoms with E-state index >= 15 is 0 Å². The second-order valence-electron chi connectivity index (χ2n) is 5.57. The highest BCUT2D eigenvalue weighted by Gasteiger charge is 2.20. The summed E-state index contributed by atoms with van der Waals surface area (Å²) in [5.41, 5.74) is 0. The van der Waals surface area contributed by atoms with Crippen molar-refractivity contribution in [1.29, 1.82) is 0 Å². The number of rotatable bonds is 12. The van der Waals surface area contributed by atoms with Crippen molar-refractivity contribution in [2.45, 2.75) is 84.0 Å². The van der Waals surface area contributed by atoms with Crippen LogP contribution >= 0.6 is 12.4 Å². The Bertz CT molecular complexity index is 183. The summed E-state index contributed by atoms with van der Waals surface area (Å²) in [7, 11) is 1.74. The second-order valence-corrected chi connectivity index (χ2v) is 5.57. The molecule has 0 amide bonds. The van der Waals surface area contributed by atoms with E-state index in [1.165, 1.54) is 64.7 Å². The van der Waals surface area contributed by atoms with Crippen LogP contribution in [0.4, 0.5) is 0 Å². The predicted molar refractivity (Wildman–Crippen MR) is 84.6 cm³/mol. The minimum atomic E-state index is -1.67. The zero-order valence-electron chi connectivity index (χ0n) is 13.0. The van der Waals surface area contributed by atoms with Crippen molar-refractivity contribution < 1.29 is 10.2 Å². The Morgan fingerprint density at radius 2 is 1.16 bits per heavy atom. The monoisotopic (exact) mass is 295 g/mol. The summed E-state index contributed by atoms with van der Waals surface area (Å²) in [6, 6.07) is 0. The lowest BCUT2D eigenvalue weighted by molar-refractivity contribution is -0.242. The number of aliphatic hydroxyl groups is 2. The molecule has 0 bridgehead atoms. The van der Waals surface area contributed by atoms with Crippen LogP contribution < -0.4 is 0 Å². The van der Waals surface area contributed by atoms with E-state index in [-0.39, 0.29) is 12.4 Å². The molecule has 0 radical (unpaired) electrons. The Labute approximate surface area is 125 Å². The molecule has 3 nitrogen and oxygen atoms in total. The smallest absolute Gasteiger partial charge is 0.221 e. The molecule has 0 aliphatic heterocycles. The molecule has 0 heterocycles. The Kier molecular flexibility index (Phi) is 14.9. The van der Waals surface area contributed by atoms with Gasteiger partial charge < -0.3 is 10.2 Å². The summed E-state index contributed by atoms with van der Waals surface area (Å²) in [4.78, 5) is 1.58. The first-order valence-electron chi connectivity index (χ1n) is 7.64. The van der Waals surface area contributed by atoms with Gasteiger partial charge in [-0.3, -0.25) is 4.90 Å². The predicted octanol–water partition coefficient (Wildman–Crippen LogP) is 3.92. The number of nitrogens with zero attached hydrogens (tertiary/aromatic N) is 1. The highest BCUT2D eigenvalue weighted by atomic mass is 35.5. The summed E-state index contributed by atoms with van der Waals surface area (Å²) < 4.78 is 0. The molecule has 0 spiro atoms. The Balaban J connectivity index is 0. The molecule has 0 rings (SSSR count). The van der Waals surface area contributed by atoms with Crippen molar-refractivity contribution in [3.8, 4) is 0 Å². The molecule has 0 aromatic carbocycles. The van der Waals surface area contributed by atoms with Gasteiger partial charge in [-0.05, 0) is 13.5 Å². The van der Waals surface area contributed by atoms with Gasteiger partial charge in [-0.25, -0.2) is 0 Å². The first-order valence-corrected chi connectivity index (χ1v) is 7.64. The first kappa shape index (κ1) is 21.5. The van der Waals surface area contributed by atoms with E-state index in [2.05, 4.69) is 6.92 Å². The van der Waals surface area contributed by atoms with Crippen LogP contribution in [0.25, 0.3) is 0 Å². The zero-order valence-corrected chi connectivity index (χ0v) is 13.8. The van der Waals surface area contributed by atoms with E-state index in [4.69, 9.17) is 0 Å². The number of hydrogen-bond acceptors (Lipinski definition) is 3. The highest BCUT2D eigenvalue weighted by molar-refractivity contribution is 5.85. The van der Waals surface area contributed by atoms with Gasteiger partial charge in [0.05, 0.1) is 0 Å². The molecule has 0 aliphatic carbocycles. The third kappa shape index (κ3) is 14.4. The molecule has 0 fully saturated rings. The van der Waals surface area contributed by atoms with Gasteiger partial charge in [0.15, 0.2) is 0 Å². The molecule has 118 valence electrons. The summed E-state index contributed by atoms with van der Waals surface area (Å²) in [6.45, 7) is 4.41. The molecule has 0 atom stereocenters. The second kappa shape index (κ2) is 13.2. The lowest BCUT2D eigenvalue weighted by Crippen LogP contribution is -2.43. The van der Waals surface area contributed by atoms with Crippen LogP contribution in [0.5, 0.6) is 0 Å². The number of halogens is 1. The maximum atomic E-state index is 9.31. The van der Waals surface area contributed by atoms with Gasteiger partial charge in [0, 0.05) is 13.5 Å². The van der Waals surface area contributed by atoms with Crippen LogP contribution in [-0.4, -0.2) is 34.6 Å². The van der Waals surface area contributed by atoms with E-state index in [1.54, 1.807) is 11.9 Å². The fourth-order valence-electron chi connectivity index (χ4n) is 2.05. The van der Waals surface area contributed by atoms with Crippen LogP contribution in [0.3, 0.4) is 0 Å². The fraction of sp³-hybridized carbons (Fsp3) is 1.00. The van der Waals surface area contributed by atoms with Crippen molar-refractivity contribution in [3.63, 3.8) is 0 Å². The zero-order chi connectivity index (χ0) is 13.9. The minimum absolute atomic E-state index is 0. The van der Waals surface area contributed by atoms with Gasteiger partial charge in [-0.1, -0.05) is 64.7 Å². The molecular weight excluding hydrogens is 262 g/mol. The largest absolute Gasteiger partial charge is 0.353 e. The van der Waals surface area contributed by atoms with E-state index in [0.29, 0.717) is 0 Å². The van der Waals surface area contributed by atoms with Crippen LogP contribution in [0, 0.1) is 0 Å². The first-order chi connectivity index (χ1) is 8.48. The van der Waals surface area contributed by atoms with Gasteiger partial charge in [0.2, 0.25) is 5.91 Å². The van der Waals surface area contributed by atoms with Crippen molar-refractivity contribution >= 4 is 12.4 Å². The molecular formula is C15H34ClNO2. The Morgan fingerprint density at radius 1 is 0.789 bits per heavy atom. The Morgan fingerprint density at radius 3 is 1.53 bits per heavy atom. The normalized spacial score (nSPS) is 11.7. The lowest BCUT2D eigenvalue weighted by atomic mass is 10.1. The van der Waals surface area contributed by atoms with Gasteiger partial charge in [0.1, 0.15) is 0 Å². The van der Waals surface area contributed by atoms with Gasteiger partial charge in [-0.15, -0.1) is 12.4 Å². The topological polar surface area (TPSA) is 43.7 Å². The summed E-state index contributed by atoms with van der Waals surface area (Å²) >= 11 is 0. The van der Waals surface area contributed by atoms with Crippen molar-refractivity contribution in [1.82, 2.24) is 4.90 Å². The van der Waals surface area contributed by atoms with E-state index in [1.807, 2.05) is 0 Å². The maximum absolute atomic E-state index is 9.31. The third-order valence-corrected chi connectivity index (χ3v) is 3.57. The van der Waals surface area contributed by atoms with Crippen molar-refractivity contribution in [3.05, 3.63) is 0 Å². The summed E-state index contributed by atoms with van der Waals surface area (Å²) in [5, 5.41) is 18.6. The standard InChI is InChI=1S/C15H33NO2.ClH/c1-4-5-6-7-8-9-10-11-12-13-14-16(3)15(2,17)18;/h17-18H,4-14H2,1-3H3;1H. The fourth-order valence-corrected chi connectivity index (χ4v) is 2.05. The highest BCUT2D eigenvalue weighted by Crippen LogP contribution is 2.11. The van der Waals surface area contributed by atoms with Gasteiger partial charge in [0.25, 0.3) is 0 Å². The molecule has 0 unspecified atom stereocenters. The van der Waals surface area contributed by atoms with E-state index in [9.17, 15) is 10.2 Å². The van der Waals surface area contributed by atoms with Crippen LogP contribution in [-0.2, 0) is 0 Å². The summed E-state index contributed by atoms with van der Waals surface area (Å²) in [6.07, 6.45) is 13.1. The van der Waals surface area contributed by atoms with Crippen LogP contribution in [0.15, 0.2) is 0 Å². The molecule has 4 heteroatoms. The number of unbranched alkanes of at least 4 members (excludes halogenated alkanes) is 9. The average molecular weight is 296 g/mol. The molecule has 2 N–H and O–H groups in total. The minimum Gasteiger partial charge on any atom is -0.353 e. The average Bonchev–Trinajstić information content (AvgIpc) is 2.30. The lowest BCUT2D eigenvalue weighted by Gasteiger charge is -2.28. The van der Waals surface area contributed by atoms with Crippen LogP contribution in [0.1, 0.15) is 78.1 Å². The molecule has 0 aromatic rings. The SMILES string of the molecule is CCCCCCCCCCCCN(C)C(C)(O)O.Cl. The Hall–Kier alpha value is 0.170. The van der Waals surface area contributed by atoms with Crippen molar-refractivity contribution in [2.75, 3.05) is 13.6 Å². The third-order valence-electron chi connectivity index (χ3n) is 3.57.